The lowest BCUT2D eigenvalue weighted by atomic mass is 10.1. The standard InChI is InChI=1S/C15H18N2O3/c1-4-16-7-8-17(15(16)19)10-13-9-12(11(2)18)5-6-14(13)20-3/h5-9H,4,10H2,1-3H3. The third-order valence-electron chi connectivity index (χ3n) is 3.29. The van der Waals surface area contributed by atoms with Crippen molar-refractivity contribution in [2.45, 2.75) is 26.9 Å². The normalized spacial score (nSPS) is 10.6. The summed E-state index contributed by atoms with van der Waals surface area (Å²) >= 11 is 0. The number of nitrogens with zero attached hydrogens (tertiary/aromatic N) is 2. The average Bonchev–Trinajstić information content (AvgIpc) is 2.79. The molecule has 0 saturated heterocycles. The van der Waals surface area contributed by atoms with Gasteiger partial charge in [0, 0.05) is 30.1 Å². The Bertz CT molecular complexity index is 683. The van der Waals surface area contributed by atoms with Gasteiger partial charge in [-0.3, -0.25) is 13.9 Å². The molecule has 1 heterocycles. The number of carbonyl (C=O) groups is 1. The quantitative estimate of drug-likeness (QED) is 0.783. The van der Waals surface area contributed by atoms with Crippen molar-refractivity contribution in [1.82, 2.24) is 9.13 Å². The van der Waals surface area contributed by atoms with Gasteiger partial charge in [0.15, 0.2) is 5.78 Å². The summed E-state index contributed by atoms with van der Waals surface area (Å²) in [6.45, 7) is 4.46. The molecule has 0 atom stereocenters. The summed E-state index contributed by atoms with van der Waals surface area (Å²) in [5.41, 5.74) is 1.36. The molecule has 2 aromatic rings. The van der Waals surface area contributed by atoms with Crippen LogP contribution in [0.5, 0.6) is 5.75 Å². The van der Waals surface area contributed by atoms with Gasteiger partial charge in [-0.05, 0) is 32.0 Å². The van der Waals surface area contributed by atoms with Crippen LogP contribution in [0.4, 0.5) is 0 Å². The number of imidazole rings is 1. The van der Waals surface area contributed by atoms with Crippen LogP contribution in [0, 0.1) is 0 Å². The van der Waals surface area contributed by atoms with Gasteiger partial charge in [0.2, 0.25) is 0 Å². The lowest BCUT2D eigenvalue weighted by Gasteiger charge is -2.10. The van der Waals surface area contributed by atoms with E-state index >= 15 is 0 Å². The third-order valence-corrected chi connectivity index (χ3v) is 3.29. The van der Waals surface area contributed by atoms with Crippen molar-refractivity contribution in [2.24, 2.45) is 0 Å². The van der Waals surface area contributed by atoms with E-state index in [1.165, 1.54) is 6.92 Å². The number of aryl methyl sites for hydroxylation is 1. The van der Waals surface area contributed by atoms with Crippen LogP contribution in [0.1, 0.15) is 29.8 Å². The molecule has 106 valence electrons. The molecule has 0 spiro atoms. The maximum atomic E-state index is 12.0. The summed E-state index contributed by atoms with van der Waals surface area (Å²) in [7, 11) is 1.58. The summed E-state index contributed by atoms with van der Waals surface area (Å²) in [5.74, 6) is 0.665. The zero-order chi connectivity index (χ0) is 14.7. The Morgan fingerprint density at radius 2 is 1.95 bits per heavy atom. The van der Waals surface area contributed by atoms with Crippen molar-refractivity contribution < 1.29 is 9.53 Å². The Morgan fingerprint density at radius 1 is 1.25 bits per heavy atom. The van der Waals surface area contributed by atoms with Gasteiger partial charge < -0.3 is 4.74 Å². The van der Waals surface area contributed by atoms with Gasteiger partial charge in [-0.2, -0.15) is 0 Å². The second-order valence-corrected chi connectivity index (χ2v) is 4.58. The van der Waals surface area contributed by atoms with Gasteiger partial charge >= 0.3 is 5.69 Å². The molecule has 0 saturated carbocycles. The highest BCUT2D eigenvalue weighted by Gasteiger charge is 2.10. The van der Waals surface area contributed by atoms with Gasteiger partial charge in [-0.25, -0.2) is 4.79 Å². The molecule has 0 amide bonds. The highest BCUT2D eigenvalue weighted by atomic mass is 16.5. The van der Waals surface area contributed by atoms with Gasteiger partial charge in [-0.1, -0.05) is 0 Å². The number of rotatable bonds is 5. The minimum Gasteiger partial charge on any atom is -0.496 e. The zero-order valence-corrected chi connectivity index (χ0v) is 11.9. The van der Waals surface area contributed by atoms with E-state index in [2.05, 4.69) is 0 Å². The molecule has 1 aromatic carbocycles. The lowest BCUT2D eigenvalue weighted by molar-refractivity contribution is 0.101. The van der Waals surface area contributed by atoms with E-state index in [4.69, 9.17) is 4.74 Å². The van der Waals surface area contributed by atoms with Crippen molar-refractivity contribution in [3.63, 3.8) is 0 Å². The summed E-state index contributed by atoms with van der Waals surface area (Å²) in [6, 6.07) is 5.26. The van der Waals surface area contributed by atoms with Crippen molar-refractivity contribution >= 4 is 5.78 Å². The maximum absolute atomic E-state index is 12.0. The van der Waals surface area contributed by atoms with Crippen LogP contribution >= 0.6 is 0 Å². The SMILES string of the molecule is CCn1ccn(Cc2cc(C(C)=O)ccc2OC)c1=O. The van der Waals surface area contributed by atoms with Crippen molar-refractivity contribution in [3.8, 4) is 5.75 Å². The highest BCUT2D eigenvalue weighted by Crippen LogP contribution is 2.21. The fraction of sp³-hybridized carbons (Fsp3) is 0.333. The molecular weight excluding hydrogens is 256 g/mol. The van der Waals surface area contributed by atoms with Crippen LogP contribution in [0.3, 0.4) is 0 Å². The molecule has 0 N–H and O–H groups in total. The van der Waals surface area contributed by atoms with Crippen LogP contribution in [0.15, 0.2) is 35.4 Å². The third kappa shape index (κ3) is 2.66. The molecule has 5 heteroatoms. The Balaban J connectivity index is 2.40. The minimum atomic E-state index is -0.0669. The van der Waals surface area contributed by atoms with Crippen molar-refractivity contribution in [2.75, 3.05) is 7.11 Å². The Kier molecular flexibility index (Phi) is 4.08. The van der Waals surface area contributed by atoms with E-state index in [0.29, 0.717) is 24.4 Å². The molecule has 0 aliphatic rings. The van der Waals surface area contributed by atoms with Gasteiger partial charge in [0.05, 0.1) is 13.7 Å². The zero-order valence-electron chi connectivity index (χ0n) is 11.9. The first-order valence-electron chi connectivity index (χ1n) is 6.50. The molecule has 0 unspecified atom stereocenters. The first kappa shape index (κ1) is 14.1. The number of ketones is 1. The predicted octanol–water partition coefficient (Wildman–Crippen LogP) is 1.93. The molecule has 20 heavy (non-hydrogen) atoms. The maximum Gasteiger partial charge on any atom is 0.328 e. The number of hydrogen-bond donors (Lipinski definition) is 0. The van der Waals surface area contributed by atoms with E-state index in [-0.39, 0.29) is 11.5 Å². The van der Waals surface area contributed by atoms with E-state index in [1.54, 1.807) is 46.8 Å². The summed E-state index contributed by atoms with van der Waals surface area (Å²) < 4.78 is 8.52. The predicted molar refractivity (Wildman–Crippen MR) is 76.5 cm³/mol. The molecular formula is C15H18N2O3. The molecule has 0 aliphatic heterocycles. The summed E-state index contributed by atoms with van der Waals surface area (Å²) in [6.07, 6.45) is 3.50. The largest absolute Gasteiger partial charge is 0.496 e. The summed E-state index contributed by atoms with van der Waals surface area (Å²) in [5, 5.41) is 0. The first-order chi connectivity index (χ1) is 9.56. The number of methoxy groups -OCH3 is 1. The van der Waals surface area contributed by atoms with Crippen LogP contribution in [-0.4, -0.2) is 22.0 Å². The molecule has 1 aromatic heterocycles. The summed E-state index contributed by atoms with van der Waals surface area (Å²) in [4.78, 5) is 23.5. The number of benzene rings is 1. The van der Waals surface area contributed by atoms with Gasteiger partial charge in [-0.15, -0.1) is 0 Å². The second kappa shape index (κ2) is 5.77. The molecule has 0 aliphatic carbocycles. The molecule has 5 nitrogen and oxygen atoms in total. The van der Waals surface area contributed by atoms with E-state index < -0.39 is 0 Å². The fourth-order valence-electron chi connectivity index (χ4n) is 2.12. The monoisotopic (exact) mass is 274 g/mol. The number of carbonyl (C=O) groups excluding carboxylic acids is 1. The van der Waals surface area contributed by atoms with Crippen LogP contribution in [0.25, 0.3) is 0 Å². The number of hydrogen-bond acceptors (Lipinski definition) is 3. The Morgan fingerprint density at radius 3 is 2.50 bits per heavy atom. The molecule has 0 bridgehead atoms. The van der Waals surface area contributed by atoms with Crippen LogP contribution < -0.4 is 10.4 Å². The molecule has 0 radical (unpaired) electrons. The van der Waals surface area contributed by atoms with Crippen LogP contribution in [-0.2, 0) is 13.1 Å². The number of aromatic nitrogens is 2. The van der Waals surface area contributed by atoms with Gasteiger partial charge in [0.1, 0.15) is 5.75 Å². The fourth-order valence-corrected chi connectivity index (χ4v) is 2.12. The van der Waals surface area contributed by atoms with E-state index in [0.717, 1.165) is 5.56 Å². The molecule has 0 fully saturated rings. The number of ether oxygens (including phenoxy) is 1. The minimum absolute atomic E-state index is 0.00706. The van der Waals surface area contributed by atoms with E-state index in [1.807, 2.05) is 6.92 Å². The van der Waals surface area contributed by atoms with Gasteiger partial charge in [0.25, 0.3) is 0 Å². The Labute approximate surface area is 117 Å². The van der Waals surface area contributed by atoms with Crippen LogP contribution in [0.2, 0.25) is 0 Å². The first-order valence-corrected chi connectivity index (χ1v) is 6.50. The lowest BCUT2D eigenvalue weighted by Crippen LogP contribution is -2.24. The smallest absolute Gasteiger partial charge is 0.328 e. The van der Waals surface area contributed by atoms with Crippen molar-refractivity contribution in [1.29, 1.82) is 0 Å². The van der Waals surface area contributed by atoms with E-state index in [9.17, 15) is 9.59 Å². The Hall–Kier alpha value is -2.30. The van der Waals surface area contributed by atoms with Crippen molar-refractivity contribution in [3.05, 3.63) is 52.2 Å². The molecule has 2 rings (SSSR count). The number of Topliss-reactive ketones (excluding diaryl/α,β-unsaturated/α-hetero) is 1. The average molecular weight is 274 g/mol. The topological polar surface area (TPSA) is 53.2 Å². The second-order valence-electron chi connectivity index (χ2n) is 4.58. The highest BCUT2D eigenvalue weighted by molar-refractivity contribution is 5.94.